The van der Waals surface area contributed by atoms with Gasteiger partial charge in [0, 0.05) is 62.0 Å². The fraction of sp³-hybridized carbons (Fsp3) is 0.767. The fourth-order valence-electron chi connectivity index (χ4n) is 8.66. The molecular formula is C30H40N2O8. The number of pyridine rings is 1. The number of hydrogen-bond acceptors (Lipinski definition) is 8. The monoisotopic (exact) mass is 556 g/mol. The summed E-state index contributed by atoms with van der Waals surface area (Å²) in [4.78, 5) is 52.3. The van der Waals surface area contributed by atoms with E-state index in [0.29, 0.717) is 25.6 Å². The van der Waals surface area contributed by atoms with Crippen LogP contribution >= 0.6 is 0 Å². The average molecular weight is 557 g/mol. The summed E-state index contributed by atoms with van der Waals surface area (Å²) in [6.45, 7) is 7.99. The smallest absolute Gasteiger partial charge is 0.308 e. The number of hydrogen-bond donors (Lipinski definition) is 0. The van der Waals surface area contributed by atoms with Crippen molar-refractivity contribution in [2.75, 3.05) is 13.1 Å². The molecule has 6 fully saturated rings. The highest BCUT2D eigenvalue weighted by Crippen LogP contribution is 2.60. The summed E-state index contributed by atoms with van der Waals surface area (Å²) in [6.07, 6.45) is 3.26. The molecule has 218 valence electrons. The number of piperidine rings is 1. The van der Waals surface area contributed by atoms with Gasteiger partial charge in [-0.3, -0.25) is 14.4 Å². The molecule has 1 aromatic rings. The normalized spacial score (nSPS) is 43.3. The molecule has 1 amide bonds. The van der Waals surface area contributed by atoms with Crippen molar-refractivity contribution in [3.8, 4) is 0 Å². The van der Waals surface area contributed by atoms with Gasteiger partial charge in [-0.05, 0) is 56.4 Å². The van der Waals surface area contributed by atoms with Crippen molar-refractivity contribution >= 4 is 11.9 Å². The molecule has 8 rings (SSSR count). The molecule has 40 heavy (non-hydrogen) atoms. The summed E-state index contributed by atoms with van der Waals surface area (Å²) in [5.41, 5.74) is 0.314. The third-order valence-electron chi connectivity index (χ3n) is 10.7. The van der Waals surface area contributed by atoms with Crippen molar-refractivity contribution in [3.05, 3.63) is 34.2 Å². The Kier molecular flexibility index (Phi) is 6.42. The third-order valence-corrected chi connectivity index (χ3v) is 10.7. The lowest BCUT2D eigenvalue weighted by molar-refractivity contribution is -0.576. The SMILES string of the molecule is C[C@@H]1CCC2[C@@H](C)[C@H](OC(=O)CCC(=O)N3CC4CC(C3)c3cccc(=O)n3C4)O[C@@H]3OC4(C)CCC1[C@@]23OO4. The largest absolute Gasteiger partial charge is 0.435 e. The molecule has 5 unspecified atom stereocenters. The number of rotatable bonds is 4. The van der Waals surface area contributed by atoms with E-state index in [2.05, 4.69) is 6.92 Å². The Balaban J connectivity index is 0.990. The van der Waals surface area contributed by atoms with E-state index in [-0.39, 0.29) is 53.9 Å². The molecule has 0 radical (unpaired) electrons. The summed E-state index contributed by atoms with van der Waals surface area (Å²) in [5, 5.41) is 0. The average Bonchev–Trinajstić information content (AvgIpc) is 3.16. The summed E-state index contributed by atoms with van der Waals surface area (Å²) in [5.74, 6) is -0.339. The van der Waals surface area contributed by atoms with Gasteiger partial charge in [0.2, 0.25) is 18.0 Å². The topological polar surface area (TPSA) is 106 Å². The second-order valence-electron chi connectivity index (χ2n) is 13.3. The molecule has 1 spiro atoms. The van der Waals surface area contributed by atoms with Gasteiger partial charge in [-0.25, -0.2) is 9.78 Å². The van der Waals surface area contributed by atoms with Crippen LogP contribution in [0.1, 0.15) is 77.3 Å². The summed E-state index contributed by atoms with van der Waals surface area (Å²) in [7, 11) is 0. The lowest BCUT2D eigenvalue weighted by atomic mass is 9.58. The van der Waals surface area contributed by atoms with Crippen molar-refractivity contribution in [2.45, 2.75) is 102 Å². The van der Waals surface area contributed by atoms with Crippen LogP contribution < -0.4 is 5.56 Å². The molecule has 0 N–H and O–H groups in total. The van der Waals surface area contributed by atoms with Crippen LogP contribution in [0, 0.1) is 29.6 Å². The minimum Gasteiger partial charge on any atom is -0.435 e. The van der Waals surface area contributed by atoms with Crippen molar-refractivity contribution in [3.63, 3.8) is 0 Å². The summed E-state index contributed by atoms with van der Waals surface area (Å²) in [6, 6.07) is 5.37. The Morgan fingerprint density at radius 3 is 2.75 bits per heavy atom. The lowest BCUT2D eigenvalue weighted by Crippen LogP contribution is -2.70. The maximum Gasteiger partial charge on any atom is 0.308 e. The zero-order valence-corrected chi connectivity index (χ0v) is 23.6. The Bertz CT molecular complexity index is 1250. The van der Waals surface area contributed by atoms with Crippen LogP contribution in [0.2, 0.25) is 0 Å². The Labute approximate surface area is 234 Å². The van der Waals surface area contributed by atoms with Gasteiger partial charge >= 0.3 is 5.97 Å². The number of ether oxygens (including phenoxy) is 3. The summed E-state index contributed by atoms with van der Waals surface area (Å²) < 4.78 is 20.4. The molecule has 4 bridgehead atoms. The van der Waals surface area contributed by atoms with E-state index >= 15 is 0 Å². The first-order chi connectivity index (χ1) is 19.2. The summed E-state index contributed by atoms with van der Waals surface area (Å²) >= 11 is 0. The highest BCUT2D eigenvalue weighted by atomic mass is 17.3. The van der Waals surface area contributed by atoms with Crippen molar-refractivity contribution in [1.29, 1.82) is 0 Å². The lowest BCUT2D eigenvalue weighted by Gasteiger charge is -2.59. The number of nitrogens with zero attached hydrogens (tertiary/aromatic N) is 2. The minimum atomic E-state index is -0.889. The van der Waals surface area contributed by atoms with E-state index in [4.69, 9.17) is 24.0 Å². The predicted molar refractivity (Wildman–Crippen MR) is 140 cm³/mol. The van der Waals surface area contributed by atoms with Crippen molar-refractivity contribution in [2.24, 2.45) is 29.6 Å². The molecule has 6 aliphatic heterocycles. The van der Waals surface area contributed by atoms with E-state index in [9.17, 15) is 14.4 Å². The molecule has 0 aromatic carbocycles. The van der Waals surface area contributed by atoms with Crippen LogP contribution in [0.5, 0.6) is 0 Å². The van der Waals surface area contributed by atoms with Gasteiger partial charge in [-0.15, -0.1) is 0 Å². The molecule has 5 saturated heterocycles. The Hall–Kier alpha value is -2.27. The molecule has 1 aromatic heterocycles. The number of carbonyl (C=O) groups excluding carboxylic acids is 2. The van der Waals surface area contributed by atoms with E-state index in [0.717, 1.165) is 37.8 Å². The van der Waals surface area contributed by atoms with Gasteiger partial charge in [0.25, 0.3) is 5.56 Å². The van der Waals surface area contributed by atoms with Crippen molar-refractivity contribution < 1.29 is 33.6 Å². The molecule has 1 saturated carbocycles. The molecule has 10 nitrogen and oxygen atoms in total. The molecule has 1 aliphatic carbocycles. The molecular weight excluding hydrogens is 516 g/mol. The molecule has 10 atom stereocenters. The van der Waals surface area contributed by atoms with Gasteiger partial charge < -0.3 is 23.7 Å². The molecule has 10 heteroatoms. The van der Waals surface area contributed by atoms with E-state index in [1.165, 1.54) is 0 Å². The highest BCUT2D eigenvalue weighted by molar-refractivity contribution is 5.81. The fourth-order valence-corrected chi connectivity index (χ4v) is 8.66. The first-order valence-electron chi connectivity index (χ1n) is 15.0. The molecule has 7 heterocycles. The Morgan fingerprint density at radius 2 is 1.90 bits per heavy atom. The Morgan fingerprint density at radius 1 is 1.05 bits per heavy atom. The number of aromatic nitrogens is 1. The van der Waals surface area contributed by atoms with Crippen LogP contribution in [-0.2, 0) is 40.1 Å². The quantitative estimate of drug-likeness (QED) is 0.411. The standard InChI is InChI=1S/C30H40N2O8/c1-17-7-8-22-18(2)27(37-28-30(22)21(17)11-12-29(3,38-28)39-40-30)36-26(35)10-9-24(33)31-14-19-13-20(16-31)23-5-4-6-25(34)32(23)15-19/h4-6,17-22,27-28H,7-16H2,1-3H3/t17-,18-,19?,20?,21?,22?,27-,28-,29?,30-/m1/s1. The first-order valence-corrected chi connectivity index (χ1v) is 15.0. The van der Waals surface area contributed by atoms with E-state index in [1.54, 1.807) is 12.1 Å². The molecule has 7 aliphatic rings. The number of amides is 1. The third kappa shape index (κ3) is 4.16. The van der Waals surface area contributed by atoms with E-state index in [1.807, 2.05) is 29.4 Å². The zero-order valence-electron chi connectivity index (χ0n) is 23.6. The van der Waals surface area contributed by atoms with Crippen LogP contribution in [0.3, 0.4) is 0 Å². The van der Waals surface area contributed by atoms with Crippen LogP contribution in [0.15, 0.2) is 23.0 Å². The van der Waals surface area contributed by atoms with Gasteiger partial charge in [0.1, 0.15) is 0 Å². The van der Waals surface area contributed by atoms with Crippen LogP contribution in [0.25, 0.3) is 0 Å². The number of fused-ring (bicyclic) bond motifs is 6. The maximum atomic E-state index is 13.2. The van der Waals surface area contributed by atoms with Crippen LogP contribution in [-0.4, -0.2) is 58.4 Å². The van der Waals surface area contributed by atoms with Gasteiger partial charge in [-0.2, -0.15) is 0 Å². The van der Waals surface area contributed by atoms with Gasteiger partial charge in [0.15, 0.2) is 11.9 Å². The maximum absolute atomic E-state index is 13.2. The zero-order chi connectivity index (χ0) is 27.8. The van der Waals surface area contributed by atoms with Crippen molar-refractivity contribution in [1.82, 2.24) is 9.47 Å². The highest BCUT2D eigenvalue weighted by Gasteiger charge is 2.69. The minimum absolute atomic E-state index is 0.00832. The number of carbonyl (C=O) groups is 2. The van der Waals surface area contributed by atoms with Crippen LogP contribution in [0.4, 0.5) is 0 Å². The number of likely N-dealkylation sites (tertiary alicyclic amines) is 1. The van der Waals surface area contributed by atoms with Gasteiger partial charge in [0.05, 0.1) is 6.42 Å². The second kappa shape index (κ2) is 9.64. The van der Waals surface area contributed by atoms with E-state index < -0.39 is 29.9 Å². The van der Waals surface area contributed by atoms with Gasteiger partial charge in [-0.1, -0.05) is 19.9 Å². The first kappa shape index (κ1) is 26.6. The second-order valence-corrected chi connectivity index (χ2v) is 13.3. The predicted octanol–water partition coefficient (Wildman–Crippen LogP) is 3.33. The number of esters is 1.